The first-order valence-electron chi connectivity index (χ1n) is 7.16. The molecule has 1 saturated heterocycles. The van der Waals surface area contributed by atoms with Crippen molar-refractivity contribution in [2.45, 2.75) is 57.1 Å². The fourth-order valence-electron chi connectivity index (χ4n) is 2.94. The summed E-state index contributed by atoms with van der Waals surface area (Å²) in [5.41, 5.74) is -0.527. The van der Waals surface area contributed by atoms with Gasteiger partial charge in [-0.05, 0) is 20.3 Å². The number of hydrogen-bond acceptors (Lipinski definition) is 6. The molecule has 0 aliphatic carbocycles. The zero-order valence-electron chi connectivity index (χ0n) is 13.2. The Bertz CT molecular complexity index is 370. The molecule has 3 N–H and O–H groups in total. The van der Waals surface area contributed by atoms with Crippen LogP contribution in [0.15, 0.2) is 0 Å². The van der Waals surface area contributed by atoms with Crippen LogP contribution in [0.3, 0.4) is 0 Å². The second-order valence-electron chi connectivity index (χ2n) is 6.21. The second-order valence-corrected chi connectivity index (χ2v) is 6.82. The zero-order valence-corrected chi connectivity index (χ0v) is 15.5. The van der Waals surface area contributed by atoms with Gasteiger partial charge >= 0.3 is 0 Å². The highest BCUT2D eigenvalue weighted by atomic mass is 31.0. The molecule has 0 bridgehead atoms. The topological polar surface area (TPSA) is 97.3 Å². The van der Waals surface area contributed by atoms with Crippen LogP contribution in [0.1, 0.15) is 27.2 Å². The highest BCUT2D eigenvalue weighted by Crippen LogP contribution is 2.35. The van der Waals surface area contributed by atoms with E-state index in [0.29, 0.717) is 6.42 Å². The van der Waals surface area contributed by atoms with Crippen molar-refractivity contribution >= 4 is 24.8 Å². The van der Waals surface area contributed by atoms with Crippen molar-refractivity contribution in [3.05, 3.63) is 0 Å². The number of rotatable bonds is 7. The first kappa shape index (κ1) is 20.2. The van der Waals surface area contributed by atoms with Gasteiger partial charge in [-0.25, -0.2) is 0 Å². The summed E-state index contributed by atoms with van der Waals surface area (Å²) in [7, 11) is 4.20. The van der Waals surface area contributed by atoms with Crippen LogP contribution in [0.25, 0.3) is 0 Å². The Morgan fingerprint density at radius 2 is 2.14 bits per heavy atom. The van der Waals surface area contributed by atoms with Gasteiger partial charge in [0.25, 0.3) is 0 Å². The molecule has 0 aromatic carbocycles. The lowest BCUT2D eigenvalue weighted by Gasteiger charge is -2.48. The van der Waals surface area contributed by atoms with E-state index in [1.807, 2.05) is 13.8 Å². The van der Waals surface area contributed by atoms with Crippen LogP contribution >= 0.6 is 18.9 Å². The predicted molar refractivity (Wildman–Crippen MR) is 88.0 cm³/mol. The molecule has 130 valence electrons. The Morgan fingerprint density at radius 3 is 2.59 bits per heavy atom. The van der Waals surface area contributed by atoms with Crippen LogP contribution in [0.2, 0.25) is 0 Å². The second kappa shape index (κ2) is 8.84. The maximum Gasteiger partial charge on any atom is 0.217 e. The molecule has 2 unspecified atom stereocenters. The van der Waals surface area contributed by atoms with E-state index in [4.69, 9.17) is 13.8 Å². The number of aliphatic hydroxyl groups excluding tert-OH is 2. The van der Waals surface area contributed by atoms with Gasteiger partial charge in [0.05, 0.1) is 18.2 Å². The van der Waals surface area contributed by atoms with Crippen LogP contribution in [0.5, 0.6) is 0 Å². The number of ether oxygens (including phenoxy) is 1. The predicted octanol–water partition coefficient (Wildman–Crippen LogP) is 0.01000. The molecule has 0 radical (unpaired) electrons. The molecule has 0 spiro atoms. The van der Waals surface area contributed by atoms with Gasteiger partial charge in [-0.3, -0.25) is 4.79 Å². The van der Waals surface area contributed by atoms with E-state index in [0.717, 1.165) is 0 Å². The minimum absolute atomic E-state index is 0.104. The third-order valence-corrected chi connectivity index (χ3v) is 4.37. The van der Waals surface area contributed by atoms with E-state index in [2.05, 4.69) is 24.3 Å². The van der Waals surface area contributed by atoms with Gasteiger partial charge in [0.15, 0.2) is 0 Å². The minimum atomic E-state index is -1.02. The van der Waals surface area contributed by atoms with Gasteiger partial charge < -0.3 is 29.3 Å². The lowest BCUT2D eigenvalue weighted by Crippen LogP contribution is -2.63. The SMILES string of the molecule is CC(=O)N[C@@H]1[C@@H](CO)CC(C)(C)O[C@H]1[C@H](O)[C@@H](COP)OP. The summed E-state index contributed by atoms with van der Waals surface area (Å²) >= 11 is 0. The van der Waals surface area contributed by atoms with Crippen LogP contribution < -0.4 is 5.32 Å². The van der Waals surface area contributed by atoms with Crippen molar-refractivity contribution in [2.24, 2.45) is 5.92 Å². The van der Waals surface area contributed by atoms with Crippen molar-refractivity contribution in [2.75, 3.05) is 13.2 Å². The Kier molecular flexibility index (Phi) is 8.10. The van der Waals surface area contributed by atoms with E-state index in [1.54, 1.807) is 0 Å². The number of nitrogens with one attached hydrogen (secondary N) is 1. The van der Waals surface area contributed by atoms with Gasteiger partial charge in [-0.1, -0.05) is 0 Å². The summed E-state index contributed by atoms with van der Waals surface area (Å²) < 4.78 is 16.1. The zero-order chi connectivity index (χ0) is 16.9. The minimum Gasteiger partial charge on any atom is -0.396 e. The summed E-state index contributed by atoms with van der Waals surface area (Å²) in [6, 6.07) is -0.502. The van der Waals surface area contributed by atoms with Gasteiger partial charge in [0.2, 0.25) is 5.91 Å². The normalized spacial score (nSPS) is 30.6. The lowest BCUT2D eigenvalue weighted by atomic mass is 9.79. The fraction of sp³-hybridized carbons (Fsp3) is 0.923. The molecule has 7 nitrogen and oxygen atoms in total. The lowest BCUT2D eigenvalue weighted by molar-refractivity contribution is -0.198. The van der Waals surface area contributed by atoms with Gasteiger partial charge in [-0.15, -0.1) is 0 Å². The molecule has 0 saturated carbocycles. The van der Waals surface area contributed by atoms with E-state index in [9.17, 15) is 15.0 Å². The summed E-state index contributed by atoms with van der Waals surface area (Å²) in [4.78, 5) is 11.5. The van der Waals surface area contributed by atoms with Crippen molar-refractivity contribution in [3.8, 4) is 0 Å². The molecule has 0 aromatic rings. The summed E-state index contributed by atoms with van der Waals surface area (Å²) in [5.74, 6) is -0.455. The van der Waals surface area contributed by atoms with Crippen LogP contribution in [-0.2, 0) is 18.6 Å². The van der Waals surface area contributed by atoms with Gasteiger partial charge in [-0.2, -0.15) is 0 Å². The molecule has 1 amide bonds. The summed E-state index contributed by atoms with van der Waals surface area (Å²) in [6.07, 6.45) is -1.81. The Hall–Kier alpha value is 0.130. The maximum atomic E-state index is 11.5. The average molecular weight is 355 g/mol. The first-order chi connectivity index (χ1) is 10.3. The Morgan fingerprint density at radius 1 is 1.50 bits per heavy atom. The van der Waals surface area contributed by atoms with Crippen LogP contribution in [-0.4, -0.2) is 59.3 Å². The molecular formula is C13H27NO6P2. The molecule has 0 aromatic heterocycles. The maximum absolute atomic E-state index is 11.5. The fourth-order valence-corrected chi connectivity index (χ4v) is 3.37. The average Bonchev–Trinajstić information content (AvgIpc) is 2.44. The van der Waals surface area contributed by atoms with E-state index in [1.165, 1.54) is 6.92 Å². The molecule has 22 heavy (non-hydrogen) atoms. The van der Waals surface area contributed by atoms with Crippen molar-refractivity contribution in [1.29, 1.82) is 0 Å². The van der Waals surface area contributed by atoms with Crippen LogP contribution in [0, 0.1) is 5.92 Å². The molecule has 1 fully saturated rings. The first-order valence-corrected chi connectivity index (χ1v) is 8.11. The number of hydrogen-bond donors (Lipinski definition) is 3. The monoisotopic (exact) mass is 355 g/mol. The number of aliphatic hydroxyl groups is 2. The molecular weight excluding hydrogens is 328 g/mol. The highest BCUT2D eigenvalue weighted by molar-refractivity contribution is 7.10. The molecule has 1 rings (SSSR count). The summed E-state index contributed by atoms with van der Waals surface area (Å²) in [6.45, 7) is 5.22. The molecule has 7 atom stereocenters. The summed E-state index contributed by atoms with van der Waals surface area (Å²) in [5, 5.41) is 23.0. The Labute approximate surface area is 136 Å². The molecule has 1 heterocycles. The van der Waals surface area contributed by atoms with E-state index < -0.39 is 30.0 Å². The molecule has 1 aliphatic heterocycles. The third-order valence-electron chi connectivity index (χ3n) is 3.83. The molecule has 1 aliphatic rings. The van der Waals surface area contributed by atoms with E-state index >= 15 is 0 Å². The number of carbonyl (C=O) groups excluding carboxylic acids is 1. The van der Waals surface area contributed by atoms with Gasteiger partial charge in [0, 0.05) is 38.4 Å². The highest BCUT2D eigenvalue weighted by Gasteiger charge is 2.47. The van der Waals surface area contributed by atoms with Crippen LogP contribution in [0.4, 0.5) is 0 Å². The number of amides is 1. The largest absolute Gasteiger partial charge is 0.396 e. The quantitative estimate of drug-likeness (QED) is 0.557. The van der Waals surface area contributed by atoms with Crippen molar-refractivity contribution < 1.29 is 28.8 Å². The van der Waals surface area contributed by atoms with E-state index in [-0.39, 0.29) is 25.0 Å². The van der Waals surface area contributed by atoms with Gasteiger partial charge in [0.1, 0.15) is 18.3 Å². The third kappa shape index (κ3) is 5.34. The smallest absolute Gasteiger partial charge is 0.217 e. The Balaban J connectivity index is 3.03. The number of carbonyl (C=O) groups is 1. The molecule has 9 heteroatoms. The standard InChI is InChI=1S/C13H27NO6P2/c1-7(16)14-10-8(5-15)4-13(2,3)19-12(10)11(17)9(20-22)6-18-21/h8-12,15,17H,4-6,21-22H2,1-3H3,(H,14,16)/t8-,9-,10-,11-,12-/m1/s1. The van der Waals surface area contributed by atoms with Crippen molar-refractivity contribution in [1.82, 2.24) is 5.32 Å². The van der Waals surface area contributed by atoms with Crippen molar-refractivity contribution in [3.63, 3.8) is 0 Å².